The van der Waals surface area contributed by atoms with E-state index in [0.717, 1.165) is 22.0 Å². The summed E-state index contributed by atoms with van der Waals surface area (Å²) < 4.78 is 27.5. The van der Waals surface area contributed by atoms with E-state index in [9.17, 15) is 8.42 Å². The van der Waals surface area contributed by atoms with Crippen LogP contribution in [0.4, 0.5) is 0 Å². The second-order valence-corrected chi connectivity index (χ2v) is 9.42. The molecule has 142 valence electrons. The van der Waals surface area contributed by atoms with Gasteiger partial charge in [-0.3, -0.25) is 0 Å². The van der Waals surface area contributed by atoms with Crippen LogP contribution in [0.1, 0.15) is 37.5 Å². The molecule has 0 radical (unpaired) electrons. The zero-order chi connectivity index (χ0) is 19.8. The van der Waals surface area contributed by atoms with Crippen molar-refractivity contribution in [2.24, 2.45) is 12.1 Å². The number of aryl methyl sites for hydroxylation is 2. The fourth-order valence-electron chi connectivity index (χ4n) is 3.05. The number of para-hydroxylation sites is 1. The van der Waals surface area contributed by atoms with Gasteiger partial charge >= 0.3 is 0 Å². The van der Waals surface area contributed by atoms with Gasteiger partial charge in [0, 0.05) is 29.7 Å². The third-order valence-electron chi connectivity index (χ3n) is 4.65. The lowest BCUT2D eigenvalue weighted by atomic mass is 9.87. The number of fused-ring (bicyclic) bond motifs is 1. The minimum absolute atomic E-state index is 0.135. The van der Waals surface area contributed by atoms with Crippen LogP contribution < -0.4 is 4.83 Å². The van der Waals surface area contributed by atoms with Crippen LogP contribution in [0.5, 0.6) is 0 Å². The van der Waals surface area contributed by atoms with Gasteiger partial charge in [-0.05, 0) is 35.6 Å². The third kappa shape index (κ3) is 3.90. The van der Waals surface area contributed by atoms with E-state index in [4.69, 9.17) is 0 Å². The zero-order valence-corrected chi connectivity index (χ0v) is 17.1. The topological polar surface area (TPSA) is 63.5 Å². The maximum absolute atomic E-state index is 12.8. The predicted octanol–water partition coefficient (Wildman–Crippen LogP) is 4.10. The summed E-state index contributed by atoms with van der Waals surface area (Å²) in [6, 6.07) is 13.4. The lowest BCUT2D eigenvalue weighted by Crippen LogP contribution is -2.21. The molecule has 3 rings (SSSR count). The van der Waals surface area contributed by atoms with Crippen molar-refractivity contribution in [3.63, 3.8) is 0 Å². The molecule has 0 atom stereocenters. The number of rotatable bonds is 4. The number of sulfonamides is 1. The van der Waals surface area contributed by atoms with Crippen LogP contribution in [0, 0.1) is 6.92 Å². The van der Waals surface area contributed by atoms with E-state index >= 15 is 0 Å². The summed E-state index contributed by atoms with van der Waals surface area (Å²) in [5.41, 5.74) is 3.44. The molecule has 27 heavy (non-hydrogen) atoms. The number of hydrazone groups is 1. The molecule has 0 spiro atoms. The molecule has 0 saturated carbocycles. The van der Waals surface area contributed by atoms with Crippen molar-refractivity contribution in [2.75, 3.05) is 0 Å². The van der Waals surface area contributed by atoms with Crippen molar-refractivity contribution in [3.05, 3.63) is 65.4 Å². The lowest BCUT2D eigenvalue weighted by molar-refractivity contribution is 0.577. The smallest absolute Gasteiger partial charge is 0.276 e. The number of hydrogen-bond donors (Lipinski definition) is 1. The Morgan fingerprint density at radius 1 is 1.11 bits per heavy atom. The van der Waals surface area contributed by atoms with Crippen molar-refractivity contribution in [2.45, 2.75) is 38.0 Å². The molecule has 1 heterocycles. The van der Waals surface area contributed by atoms with E-state index < -0.39 is 10.0 Å². The Labute approximate surface area is 160 Å². The van der Waals surface area contributed by atoms with Crippen LogP contribution in [0.25, 0.3) is 10.9 Å². The fourth-order valence-corrected chi connectivity index (χ4v) is 4.11. The molecule has 5 nitrogen and oxygen atoms in total. The lowest BCUT2D eigenvalue weighted by Gasteiger charge is -2.20. The van der Waals surface area contributed by atoms with Crippen LogP contribution in [0.15, 0.2) is 58.7 Å². The fraction of sp³-hybridized carbons (Fsp3) is 0.286. The van der Waals surface area contributed by atoms with E-state index in [1.54, 1.807) is 19.2 Å². The van der Waals surface area contributed by atoms with Gasteiger partial charge in [0.25, 0.3) is 10.0 Å². The van der Waals surface area contributed by atoms with Gasteiger partial charge < -0.3 is 4.57 Å². The molecule has 0 aliphatic heterocycles. The molecule has 1 N–H and O–H groups in total. The first-order valence-electron chi connectivity index (χ1n) is 8.80. The van der Waals surface area contributed by atoms with Gasteiger partial charge in [-0.25, -0.2) is 4.83 Å². The Kier molecular flexibility index (Phi) is 4.86. The van der Waals surface area contributed by atoms with Gasteiger partial charge in [-0.1, -0.05) is 51.1 Å². The Hall–Kier alpha value is -2.60. The summed E-state index contributed by atoms with van der Waals surface area (Å²) in [5, 5.41) is 5.03. The quantitative estimate of drug-likeness (QED) is 0.545. The molecule has 2 aromatic carbocycles. The third-order valence-corrected chi connectivity index (χ3v) is 6.01. The molecule has 0 fully saturated rings. The second-order valence-electron chi connectivity index (χ2n) is 7.80. The summed E-state index contributed by atoms with van der Waals surface area (Å²) >= 11 is 0. The largest absolute Gasteiger partial charge is 0.350 e. The highest BCUT2D eigenvalue weighted by molar-refractivity contribution is 7.89. The summed E-state index contributed by atoms with van der Waals surface area (Å²) in [5.74, 6) is 0. The highest BCUT2D eigenvalue weighted by atomic mass is 32.2. The number of benzene rings is 2. The van der Waals surface area contributed by atoms with Crippen LogP contribution in [0.3, 0.4) is 0 Å². The standard InChI is InChI=1S/C21H25N3O2S/c1-15-10-11-17(21(2,3)4)12-20(15)27(25,26)23-22-13-16-14-24(5)19-9-7-6-8-18(16)19/h6-14,23H,1-5H3/b22-13+. The molecular formula is C21H25N3O2S. The Balaban J connectivity index is 1.90. The highest BCUT2D eigenvalue weighted by Gasteiger charge is 2.21. The summed E-state index contributed by atoms with van der Waals surface area (Å²) in [4.78, 5) is 2.60. The van der Waals surface area contributed by atoms with Crippen molar-refractivity contribution in [1.82, 2.24) is 9.40 Å². The van der Waals surface area contributed by atoms with E-state index in [1.165, 1.54) is 0 Å². The maximum Gasteiger partial charge on any atom is 0.276 e. The number of nitrogens with one attached hydrogen (secondary N) is 1. The Morgan fingerprint density at radius 3 is 2.52 bits per heavy atom. The van der Waals surface area contributed by atoms with E-state index in [0.29, 0.717) is 5.56 Å². The van der Waals surface area contributed by atoms with Crippen molar-refractivity contribution in [1.29, 1.82) is 0 Å². The van der Waals surface area contributed by atoms with Gasteiger partial charge in [0.05, 0.1) is 11.1 Å². The minimum atomic E-state index is -3.75. The van der Waals surface area contributed by atoms with E-state index in [-0.39, 0.29) is 10.3 Å². The molecule has 0 bridgehead atoms. The monoisotopic (exact) mass is 383 g/mol. The molecule has 0 aliphatic rings. The first-order valence-corrected chi connectivity index (χ1v) is 10.3. The number of nitrogens with zero attached hydrogens (tertiary/aromatic N) is 2. The molecule has 0 amide bonds. The second kappa shape index (κ2) is 6.85. The van der Waals surface area contributed by atoms with Crippen LogP contribution in [0.2, 0.25) is 0 Å². The zero-order valence-electron chi connectivity index (χ0n) is 16.3. The SMILES string of the molecule is Cc1ccc(C(C)(C)C)cc1S(=O)(=O)N/N=C/c1cn(C)c2ccccc12. The summed E-state index contributed by atoms with van der Waals surface area (Å²) in [6.07, 6.45) is 3.47. The van der Waals surface area contributed by atoms with Crippen LogP contribution >= 0.6 is 0 Å². The normalized spacial score (nSPS) is 12.8. The van der Waals surface area contributed by atoms with Crippen molar-refractivity contribution in [3.8, 4) is 0 Å². The highest BCUT2D eigenvalue weighted by Crippen LogP contribution is 2.26. The Morgan fingerprint density at radius 2 is 1.81 bits per heavy atom. The van der Waals surface area contributed by atoms with E-state index in [1.807, 2.05) is 54.2 Å². The van der Waals surface area contributed by atoms with Gasteiger partial charge in [0.1, 0.15) is 0 Å². The first-order chi connectivity index (χ1) is 12.6. The van der Waals surface area contributed by atoms with E-state index in [2.05, 4.69) is 30.7 Å². The van der Waals surface area contributed by atoms with Gasteiger partial charge in [-0.2, -0.15) is 13.5 Å². The average molecular weight is 384 g/mol. The van der Waals surface area contributed by atoms with Crippen LogP contribution in [-0.4, -0.2) is 19.2 Å². The molecule has 1 aromatic heterocycles. The maximum atomic E-state index is 12.8. The minimum Gasteiger partial charge on any atom is -0.350 e. The number of aromatic nitrogens is 1. The summed E-state index contributed by atoms with van der Waals surface area (Å²) in [7, 11) is -1.80. The molecule has 3 aromatic rings. The van der Waals surface area contributed by atoms with Crippen molar-refractivity contribution < 1.29 is 8.42 Å². The van der Waals surface area contributed by atoms with Gasteiger partial charge in [-0.15, -0.1) is 0 Å². The summed E-state index contributed by atoms with van der Waals surface area (Å²) in [6.45, 7) is 7.95. The van der Waals surface area contributed by atoms with Crippen LogP contribution in [-0.2, 0) is 22.5 Å². The first kappa shape index (κ1) is 19.2. The van der Waals surface area contributed by atoms with Gasteiger partial charge in [0.2, 0.25) is 0 Å². The molecule has 6 heteroatoms. The molecular weight excluding hydrogens is 358 g/mol. The predicted molar refractivity (Wildman–Crippen MR) is 111 cm³/mol. The van der Waals surface area contributed by atoms with Gasteiger partial charge in [0.15, 0.2) is 0 Å². The van der Waals surface area contributed by atoms with Crippen molar-refractivity contribution >= 4 is 27.1 Å². The Bertz CT molecular complexity index is 1120. The number of hydrogen-bond acceptors (Lipinski definition) is 3. The molecule has 0 aliphatic carbocycles. The molecule has 0 unspecified atom stereocenters. The average Bonchev–Trinajstić information content (AvgIpc) is 2.90. The molecule has 0 saturated heterocycles.